The maximum atomic E-state index is 2.92. The van der Waals surface area contributed by atoms with Gasteiger partial charge in [0.15, 0.2) is 0 Å². The highest BCUT2D eigenvalue weighted by Gasteiger charge is 2.46. The fourth-order valence-corrected chi connectivity index (χ4v) is 8.20. The minimum absolute atomic E-state index is 0.448. The molecule has 0 N–H and O–H groups in total. The lowest BCUT2D eigenvalue weighted by Gasteiger charge is -2.25. The van der Waals surface area contributed by atoms with Crippen LogP contribution in [-0.2, 0) is 6.42 Å². The summed E-state index contributed by atoms with van der Waals surface area (Å²) in [4.78, 5) is 0. The van der Waals surface area contributed by atoms with Crippen LogP contribution in [0.4, 0.5) is 0 Å². The first kappa shape index (κ1) is 32.8. The molecule has 0 heterocycles. The van der Waals surface area contributed by atoms with Gasteiger partial charge in [0, 0.05) is 5.92 Å². The zero-order valence-corrected chi connectivity index (χ0v) is 29.8. The van der Waals surface area contributed by atoms with Crippen molar-refractivity contribution in [2.45, 2.75) is 45.4 Å². The van der Waals surface area contributed by atoms with Gasteiger partial charge in [-0.2, -0.15) is 0 Å². The Morgan fingerprint density at radius 2 is 1.57 bits per heavy atom. The second kappa shape index (κ2) is 14.8. The maximum Gasteiger partial charge on any atom is 0.00558 e. The first-order chi connectivity index (χ1) is 25.2. The molecule has 0 spiro atoms. The van der Waals surface area contributed by atoms with Gasteiger partial charge in [0.25, 0.3) is 0 Å². The Labute approximate surface area is 304 Å². The third kappa shape index (κ3) is 7.12. The molecular weight excluding hydrogens is 613 g/mol. The van der Waals surface area contributed by atoms with Gasteiger partial charge < -0.3 is 0 Å². The first-order valence-electron chi connectivity index (χ1n) is 18.8. The number of rotatable bonds is 5. The maximum absolute atomic E-state index is 2.92. The fourth-order valence-electron chi connectivity index (χ4n) is 8.20. The van der Waals surface area contributed by atoms with E-state index in [0.29, 0.717) is 23.7 Å². The summed E-state index contributed by atoms with van der Waals surface area (Å²) in [5.41, 5.74) is 19.9. The van der Waals surface area contributed by atoms with Gasteiger partial charge in [-0.15, -0.1) is 5.73 Å². The number of hydrogen-bond acceptors (Lipinski definition) is 0. The zero-order chi connectivity index (χ0) is 34.6. The summed E-state index contributed by atoms with van der Waals surface area (Å²) >= 11 is 0. The summed E-state index contributed by atoms with van der Waals surface area (Å²) in [6.07, 6.45) is 48.2. The Morgan fingerprint density at radius 3 is 2.41 bits per heavy atom. The Balaban J connectivity index is 0.000000480. The van der Waals surface area contributed by atoms with Crippen LogP contribution < -0.4 is 0 Å². The molecule has 51 heavy (non-hydrogen) atoms. The van der Waals surface area contributed by atoms with Gasteiger partial charge in [-0.25, -0.2) is 0 Å². The third-order valence-corrected chi connectivity index (χ3v) is 10.9. The van der Waals surface area contributed by atoms with Crippen LogP contribution in [0.25, 0.3) is 47.1 Å². The van der Waals surface area contributed by atoms with Crippen molar-refractivity contribution in [3.8, 4) is 11.1 Å². The lowest BCUT2D eigenvalue weighted by atomic mass is 9.79. The van der Waals surface area contributed by atoms with Crippen LogP contribution in [0.5, 0.6) is 0 Å². The summed E-state index contributed by atoms with van der Waals surface area (Å²) in [5.74, 6) is 2.24. The average molecular weight is 659 g/mol. The lowest BCUT2D eigenvalue weighted by Crippen LogP contribution is -2.06. The minimum atomic E-state index is 0.448. The van der Waals surface area contributed by atoms with Crippen molar-refractivity contribution in [3.05, 3.63) is 195 Å². The summed E-state index contributed by atoms with van der Waals surface area (Å²) < 4.78 is 0. The molecule has 0 heteroatoms. The molecule has 6 aliphatic rings. The molecule has 3 aromatic carbocycles. The van der Waals surface area contributed by atoms with Crippen LogP contribution >= 0.6 is 0 Å². The molecule has 0 amide bonds. The Bertz CT molecular complexity index is 2190. The van der Waals surface area contributed by atoms with E-state index in [2.05, 4.69) is 153 Å². The third-order valence-electron chi connectivity index (χ3n) is 10.9. The molecule has 0 aliphatic heterocycles. The van der Waals surface area contributed by atoms with E-state index in [-0.39, 0.29) is 0 Å². The summed E-state index contributed by atoms with van der Waals surface area (Å²) in [6, 6.07) is 19.0. The van der Waals surface area contributed by atoms with E-state index in [4.69, 9.17) is 0 Å². The highest BCUT2D eigenvalue weighted by Crippen LogP contribution is 2.62. The highest BCUT2D eigenvalue weighted by atomic mass is 14.5. The second-order valence-electron chi connectivity index (χ2n) is 14.5. The van der Waals surface area contributed by atoms with Crippen molar-refractivity contribution in [2.75, 3.05) is 0 Å². The Kier molecular flexibility index (Phi) is 9.52. The second-order valence-corrected chi connectivity index (χ2v) is 14.5. The van der Waals surface area contributed by atoms with Crippen LogP contribution in [0.3, 0.4) is 0 Å². The van der Waals surface area contributed by atoms with Gasteiger partial charge in [-0.1, -0.05) is 159 Å². The fraction of sp³-hybridized carbons (Fsp3) is 0.196. The van der Waals surface area contributed by atoms with Gasteiger partial charge >= 0.3 is 0 Å². The zero-order valence-electron chi connectivity index (χ0n) is 29.8. The van der Waals surface area contributed by atoms with E-state index in [1.165, 1.54) is 67.6 Å². The van der Waals surface area contributed by atoms with E-state index in [9.17, 15) is 0 Å². The Hall–Kier alpha value is -5.42. The highest BCUT2D eigenvalue weighted by molar-refractivity contribution is 5.96. The van der Waals surface area contributed by atoms with Crippen molar-refractivity contribution in [1.29, 1.82) is 0 Å². The van der Waals surface area contributed by atoms with Crippen LogP contribution in [0.15, 0.2) is 151 Å². The lowest BCUT2D eigenvalue weighted by molar-refractivity contribution is 0.717. The van der Waals surface area contributed by atoms with Crippen molar-refractivity contribution < 1.29 is 0 Å². The minimum Gasteiger partial charge on any atom is -0.121 e. The van der Waals surface area contributed by atoms with Crippen molar-refractivity contribution in [2.24, 2.45) is 17.8 Å². The molecule has 4 atom stereocenters. The molecule has 3 aromatic rings. The van der Waals surface area contributed by atoms with Gasteiger partial charge in [0.05, 0.1) is 0 Å². The SMILES string of the molecule is C/C=C\CC1C=CC=C/C1=C\c1ccc(C2=Cc3cc4c(c(-c5ccc6c(c5)CC(C)C=C6)c3C3CC23)C=CCC=C4)cc1.C1=CC=CC=CC=1. The Morgan fingerprint density at radius 1 is 0.745 bits per heavy atom. The molecule has 9 rings (SSSR count). The normalized spacial score (nSPS) is 23.6. The number of hydrogen-bond donors (Lipinski definition) is 0. The van der Waals surface area contributed by atoms with Crippen molar-refractivity contribution in [3.63, 3.8) is 0 Å². The van der Waals surface area contributed by atoms with E-state index in [0.717, 1.165) is 19.3 Å². The summed E-state index contributed by atoms with van der Waals surface area (Å²) in [7, 11) is 0. The van der Waals surface area contributed by atoms with Crippen LogP contribution in [0.2, 0.25) is 0 Å². The molecular formula is C51H46. The molecule has 0 radical (unpaired) electrons. The van der Waals surface area contributed by atoms with E-state index >= 15 is 0 Å². The largest absolute Gasteiger partial charge is 0.121 e. The number of benzene rings is 3. The van der Waals surface area contributed by atoms with Crippen LogP contribution in [0, 0.1) is 17.8 Å². The molecule has 1 saturated carbocycles. The molecule has 1 fully saturated rings. The summed E-state index contributed by atoms with van der Waals surface area (Å²) in [5, 5.41) is 0. The molecule has 0 nitrogen and oxygen atoms in total. The summed E-state index contributed by atoms with van der Waals surface area (Å²) in [6.45, 7) is 4.43. The van der Waals surface area contributed by atoms with E-state index in [1.807, 2.05) is 36.5 Å². The van der Waals surface area contributed by atoms with Crippen LogP contribution in [0.1, 0.15) is 83.5 Å². The topological polar surface area (TPSA) is 0 Å². The average Bonchev–Trinajstić information content (AvgIpc) is 4.01. The first-order valence-corrected chi connectivity index (χ1v) is 18.8. The smallest absolute Gasteiger partial charge is 0.00558 e. The van der Waals surface area contributed by atoms with Gasteiger partial charge in [-0.05, 0) is 135 Å². The van der Waals surface area contributed by atoms with Crippen molar-refractivity contribution >= 4 is 36.0 Å². The van der Waals surface area contributed by atoms with Crippen LogP contribution in [-0.4, -0.2) is 0 Å². The number of allylic oxidation sites excluding steroid dienone is 16. The van der Waals surface area contributed by atoms with E-state index < -0.39 is 0 Å². The molecule has 0 saturated heterocycles. The predicted octanol–water partition coefficient (Wildman–Crippen LogP) is 13.6. The van der Waals surface area contributed by atoms with Crippen molar-refractivity contribution in [1.82, 2.24) is 0 Å². The monoisotopic (exact) mass is 658 g/mol. The molecule has 250 valence electrons. The van der Waals surface area contributed by atoms with E-state index in [1.54, 1.807) is 5.56 Å². The molecule has 4 unspecified atom stereocenters. The molecule has 6 aliphatic carbocycles. The van der Waals surface area contributed by atoms with Gasteiger partial charge in [0.1, 0.15) is 0 Å². The standard InChI is InChI=1S/C44H40.C7H6/c1-3-4-10-31-11-8-9-12-34(31)24-30-16-19-33(20-17-30)40-27-38-25-35-13-6-5-7-14-39(35)43(44(38)42-28-41(40)42)36-22-21-32-18-15-29(2)23-37(32)26-36;1-2-4-6-7-5-3-1/h3-4,6-9,11-22,24-27,29,31,41-42H,5,10,23,28H2,1-2H3;1-6H/b4-3-,34-24+;. The number of fused-ring (bicyclic) bond motifs is 5. The quantitative estimate of drug-likeness (QED) is 0.189. The van der Waals surface area contributed by atoms with Gasteiger partial charge in [0.2, 0.25) is 0 Å². The van der Waals surface area contributed by atoms with Gasteiger partial charge in [-0.3, -0.25) is 0 Å². The molecule has 0 bridgehead atoms. The molecule has 0 aromatic heterocycles. The predicted molar refractivity (Wildman–Crippen MR) is 222 cm³/mol.